The fourth-order valence-corrected chi connectivity index (χ4v) is 5.97. The number of ether oxygens (including phenoxy) is 1. The van der Waals surface area contributed by atoms with Crippen LogP contribution in [0, 0.1) is 11.8 Å². The van der Waals surface area contributed by atoms with Crippen LogP contribution in [0.25, 0.3) is 0 Å². The number of aliphatic hydroxyl groups is 1. The number of hydrogen-bond acceptors (Lipinski definition) is 6. The average Bonchev–Trinajstić information content (AvgIpc) is 3.39. The molecule has 1 heterocycles. The van der Waals surface area contributed by atoms with Gasteiger partial charge >= 0.3 is 0 Å². The van der Waals surface area contributed by atoms with Crippen LogP contribution in [0.2, 0.25) is 0 Å². The highest BCUT2D eigenvalue weighted by atomic mass is 16.5. The molecule has 236 valence electrons. The van der Waals surface area contributed by atoms with Gasteiger partial charge in [-0.1, -0.05) is 68.5 Å². The second-order valence-corrected chi connectivity index (χ2v) is 12.3. The van der Waals surface area contributed by atoms with Crippen molar-refractivity contribution < 1.29 is 24.2 Å². The van der Waals surface area contributed by atoms with Crippen LogP contribution >= 0.6 is 0 Å². The molecule has 9 heteroatoms. The lowest BCUT2D eigenvalue weighted by Gasteiger charge is -2.34. The summed E-state index contributed by atoms with van der Waals surface area (Å²) < 4.78 is 6.17. The Morgan fingerprint density at radius 1 is 1.12 bits per heavy atom. The predicted molar refractivity (Wildman–Crippen MR) is 169 cm³/mol. The van der Waals surface area contributed by atoms with Gasteiger partial charge in [-0.05, 0) is 63.0 Å². The highest BCUT2D eigenvalue weighted by molar-refractivity contribution is 5.93. The molecule has 0 aromatic heterocycles. The Morgan fingerprint density at radius 3 is 2.44 bits per heavy atom. The first kappa shape index (κ1) is 34.1. The summed E-state index contributed by atoms with van der Waals surface area (Å²) in [4.78, 5) is 42.4. The van der Waals surface area contributed by atoms with Gasteiger partial charge in [-0.15, -0.1) is 0 Å². The molecule has 1 aliphatic carbocycles. The molecule has 6 atom stereocenters. The van der Waals surface area contributed by atoms with Crippen LogP contribution in [-0.4, -0.2) is 78.2 Å². The first-order valence-corrected chi connectivity index (χ1v) is 15.4. The minimum absolute atomic E-state index is 0.0714. The van der Waals surface area contributed by atoms with E-state index < -0.39 is 30.1 Å². The molecular formula is C34H50N4O5. The number of carbonyl (C=O) groups is 3. The normalized spacial score (nSPS) is 27.4. The lowest BCUT2D eigenvalue weighted by Crippen LogP contribution is -2.61. The zero-order valence-corrected chi connectivity index (χ0v) is 26.6. The van der Waals surface area contributed by atoms with Gasteiger partial charge in [0.1, 0.15) is 18.7 Å². The molecule has 3 rings (SSSR count). The van der Waals surface area contributed by atoms with Crippen LogP contribution in [0.4, 0.5) is 0 Å². The summed E-state index contributed by atoms with van der Waals surface area (Å²) in [6.07, 6.45) is 5.57. The Hall–Kier alpha value is -3.43. The van der Waals surface area contributed by atoms with Gasteiger partial charge in [0, 0.05) is 26.1 Å². The van der Waals surface area contributed by atoms with Crippen molar-refractivity contribution in [3.05, 3.63) is 71.5 Å². The number of carbonyl (C=O) groups excluding carboxylic acids is 3. The van der Waals surface area contributed by atoms with Gasteiger partial charge < -0.3 is 30.7 Å². The van der Waals surface area contributed by atoms with E-state index in [1.54, 1.807) is 0 Å². The molecule has 43 heavy (non-hydrogen) atoms. The summed E-state index contributed by atoms with van der Waals surface area (Å²) in [5.74, 6) is -0.282. The molecule has 3 amide bonds. The van der Waals surface area contributed by atoms with Crippen molar-refractivity contribution in [1.29, 1.82) is 0 Å². The Morgan fingerprint density at radius 2 is 1.81 bits per heavy atom. The zero-order chi connectivity index (χ0) is 31.7. The van der Waals surface area contributed by atoms with E-state index in [0.717, 1.165) is 41.7 Å². The van der Waals surface area contributed by atoms with E-state index in [0.29, 0.717) is 13.2 Å². The highest BCUT2D eigenvalue weighted by Crippen LogP contribution is 2.34. The second kappa shape index (κ2) is 15.9. The Balaban J connectivity index is 1.99. The molecule has 2 bridgehead atoms. The zero-order valence-electron chi connectivity index (χ0n) is 26.6. The first-order chi connectivity index (χ1) is 20.4. The molecule has 1 saturated carbocycles. The van der Waals surface area contributed by atoms with Crippen molar-refractivity contribution in [3.8, 4) is 0 Å². The van der Waals surface area contributed by atoms with E-state index in [1.165, 1.54) is 18.9 Å². The topological polar surface area (TPSA) is 120 Å². The van der Waals surface area contributed by atoms with Gasteiger partial charge in [0.2, 0.25) is 17.7 Å². The van der Waals surface area contributed by atoms with Crippen molar-refractivity contribution in [1.82, 2.24) is 20.9 Å². The number of nitrogens with one attached hydrogen (secondary N) is 3. The molecule has 0 radical (unpaired) electrons. The lowest BCUT2D eigenvalue weighted by molar-refractivity contribution is -0.145. The fraction of sp³-hybridized carbons (Fsp3) is 0.559. The Kier molecular flexibility index (Phi) is 12.6. The number of allylic oxidation sites excluding steroid dienone is 5. The van der Waals surface area contributed by atoms with Crippen LogP contribution < -0.4 is 16.0 Å². The molecular weight excluding hydrogens is 544 g/mol. The maximum Gasteiger partial charge on any atom is 0.246 e. The summed E-state index contributed by atoms with van der Waals surface area (Å²) >= 11 is 0. The molecule has 0 saturated heterocycles. The minimum atomic E-state index is -1.18. The van der Waals surface area contributed by atoms with Crippen molar-refractivity contribution in [2.24, 2.45) is 11.8 Å². The average molecular weight is 595 g/mol. The van der Waals surface area contributed by atoms with Crippen LogP contribution in [0.1, 0.15) is 59.4 Å². The maximum atomic E-state index is 13.7. The highest BCUT2D eigenvalue weighted by Gasteiger charge is 2.38. The number of nitrogens with zero attached hydrogens (tertiary/aromatic N) is 1. The number of benzene rings is 1. The van der Waals surface area contributed by atoms with Crippen molar-refractivity contribution in [2.75, 3.05) is 20.2 Å². The molecule has 1 fully saturated rings. The molecule has 2 aliphatic rings. The molecule has 1 aromatic carbocycles. The number of likely N-dealkylation sites (N-methyl/N-ethyl adjacent to an activating group) is 1. The molecule has 9 nitrogen and oxygen atoms in total. The smallest absolute Gasteiger partial charge is 0.246 e. The van der Waals surface area contributed by atoms with E-state index >= 15 is 0 Å². The van der Waals surface area contributed by atoms with Crippen LogP contribution in [0.15, 0.2) is 66.0 Å². The summed E-state index contributed by atoms with van der Waals surface area (Å²) in [5, 5.41) is 20.0. The van der Waals surface area contributed by atoms with Crippen molar-refractivity contribution in [2.45, 2.75) is 90.6 Å². The SMILES string of the molecule is C=C(C)C=CC1=C(C)OCCNC(C(C)C)C(=O)N(C)C(C(C)O)C(=O)NC(Cc2ccccc2)C(=O)NC2CCC1C2. The third-order valence-electron chi connectivity index (χ3n) is 8.30. The van der Waals surface area contributed by atoms with E-state index in [1.807, 2.05) is 64.1 Å². The number of hydrogen-bond donors (Lipinski definition) is 4. The van der Waals surface area contributed by atoms with Crippen molar-refractivity contribution in [3.63, 3.8) is 0 Å². The van der Waals surface area contributed by atoms with Gasteiger partial charge in [0.15, 0.2) is 0 Å². The molecule has 1 aromatic rings. The second-order valence-electron chi connectivity index (χ2n) is 12.3. The maximum absolute atomic E-state index is 13.7. The predicted octanol–water partition coefficient (Wildman–Crippen LogP) is 3.26. The third kappa shape index (κ3) is 9.53. The molecule has 4 N–H and O–H groups in total. The van der Waals surface area contributed by atoms with E-state index in [-0.39, 0.29) is 36.1 Å². The monoisotopic (exact) mass is 594 g/mol. The number of fused-ring (bicyclic) bond motifs is 2. The number of rotatable bonds is 6. The van der Waals surface area contributed by atoms with Crippen LogP contribution in [0.5, 0.6) is 0 Å². The summed E-state index contributed by atoms with van der Waals surface area (Å²) in [5.41, 5.74) is 2.90. The standard InChI is InChI=1S/C34H50N4O5/c1-21(2)13-16-28-24(6)43-18-17-35-30(22(3)4)34(42)38(7)31(23(5)39)33(41)37-29(19-25-11-9-8-10-12-25)32(40)36-27-15-14-26(28)20-27/h8-13,16,22-23,26-27,29-31,35,39H,1,14-15,17-20H2,2-7H3,(H,36,40)(H,37,41). The van der Waals surface area contributed by atoms with E-state index in [2.05, 4.69) is 28.6 Å². The van der Waals surface area contributed by atoms with Crippen LogP contribution in [0.3, 0.4) is 0 Å². The fourth-order valence-electron chi connectivity index (χ4n) is 5.97. The number of amides is 3. The van der Waals surface area contributed by atoms with Gasteiger partial charge in [-0.25, -0.2) is 0 Å². The van der Waals surface area contributed by atoms with Crippen LogP contribution in [-0.2, 0) is 25.5 Å². The van der Waals surface area contributed by atoms with E-state index in [4.69, 9.17) is 4.74 Å². The van der Waals surface area contributed by atoms with Gasteiger partial charge in [0.05, 0.1) is 17.9 Å². The van der Waals surface area contributed by atoms with Crippen molar-refractivity contribution >= 4 is 17.7 Å². The van der Waals surface area contributed by atoms with Gasteiger partial charge in [0.25, 0.3) is 0 Å². The largest absolute Gasteiger partial charge is 0.497 e. The first-order valence-electron chi connectivity index (χ1n) is 15.4. The summed E-state index contributed by atoms with van der Waals surface area (Å²) in [7, 11) is 1.52. The Labute approximate surface area is 256 Å². The Bertz CT molecular complexity index is 1190. The third-order valence-corrected chi connectivity index (χ3v) is 8.30. The molecule has 6 unspecified atom stereocenters. The minimum Gasteiger partial charge on any atom is -0.497 e. The van der Waals surface area contributed by atoms with Gasteiger partial charge in [-0.2, -0.15) is 0 Å². The lowest BCUT2D eigenvalue weighted by atomic mass is 9.95. The number of aliphatic hydroxyl groups excluding tert-OH is 1. The van der Waals surface area contributed by atoms with E-state index in [9.17, 15) is 19.5 Å². The quantitative estimate of drug-likeness (QED) is 0.376. The van der Waals surface area contributed by atoms with Gasteiger partial charge in [-0.3, -0.25) is 14.4 Å². The molecule has 0 spiro atoms. The summed E-state index contributed by atoms with van der Waals surface area (Å²) in [6.45, 7) is 14.0. The summed E-state index contributed by atoms with van der Waals surface area (Å²) in [6, 6.07) is 6.74. The molecule has 1 aliphatic heterocycles.